The van der Waals surface area contributed by atoms with Crippen LogP contribution < -0.4 is 21.5 Å². The van der Waals surface area contributed by atoms with Crippen molar-refractivity contribution >= 4 is 28.7 Å². The molecule has 39 heavy (non-hydrogen) atoms. The maximum Gasteiger partial charge on any atom is 0.401 e. The number of anilines is 2. The average Bonchev–Trinajstić information content (AvgIpc) is 3.46. The van der Waals surface area contributed by atoms with Gasteiger partial charge in [0.15, 0.2) is 11.2 Å². The quantitative estimate of drug-likeness (QED) is 0.345. The lowest BCUT2D eigenvalue weighted by Gasteiger charge is -2.35. The Bertz CT molecular complexity index is 1610. The third-order valence-corrected chi connectivity index (χ3v) is 6.17. The number of piperazine rings is 1. The van der Waals surface area contributed by atoms with Crippen molar-refractivity contribution in [1.82, 2.24) is 34.1 Å². The molecule has 206 valence electrons. The second kappa shape index (κ2) is 10.4. The van der Waals surface area contributed by atoms with Gasteiger partial charge in [0.2, 0.25) is 5.91 Å². The zero-order valence-corrected chi connectivity index (χ0v) is 20.7. The number of aryl methyl sites for hydroxylation is 1. The number of hydrogen-bond acceptors (Lipinski definition) is 9. The van der Waals surface area contributed by atoms with E-state index in [-0.39, 0.29) is 43.2 Å². The first-order valence-corrected chi connectivity index (χ1v) is 12.0. The summed E-state index contributed by atoms with van der Waals surface area (Å²) in [5, 5.41) is 6.47. The highest BCUT2D eigenvalue weighted by molar-refractivity contribution is 5.90. The molecule has 1 aliphatic rings. The first kappa shape index (κ1) is 26.1. The van der Waals surface area contributed by atoms with E-state index in [0.29, 0.717) is 30.4 Å². The van der Waals surface area contributed by atoms with Crippen LogP contribution in [0.4, 0.5) is 24.8 Å². The smallest absolute Gasteiger partial charge is 0.361 e. The lowest BCUT2D eigenvalue weighted by atomic mass is 10.3. The third kappa shape index (κ3) is 6.00. The van der Waals surface area contributed by atoms with Gasteiger partial charge in [-0.3, -0.25) is 24.0 Å². The molecule has 0 bridgehead atoms. The van der Waals surface area contributed by atoms with Gasteiger partial charge in [0.25, 0.3) is 5.56 Å². The molecule has 1 fully saturated rings. The fourth-order valence-corrected chi connectivity index (χ4v) is 4.40. The molecule has 5 rings (SSSR count). The maximum atomic E-state index is 13.1. The minimum Gasteiger partial charge on any atom is -0.361 e. The summed E-state index contributed by atoms with van der Waals surface area (Å²) < 4.78 is 45.2. The van der Waals surface area contributed by atoms with Crippen LogP contribution >= 0.6 is 0 Å². The van der Waals surface area contributed by atoms with E-state index in [0.717, 1.165) is 4.57 Å². The number of amides is 1. The third-order valence-electron chi connectivity index (χ3n) is 6.17. The monoisotopic (exact) mass is 547 g/mol. The molecular formula is C23H24F3N9O4. The Kier molecular flexibility index (Phi) is 6.94. The van der Waals surface area contributed by atoms with Gasteiger partial charge in [-0.05, 0) is 19.1 Å². The van der Waals surface area contributed by atoms with Gasteiger partial charge in [0, 0.05) is 32.2 Å². The van der Waals surface area contributed by atoms with Crippen LogP contribution in [0.3, 0.4) is 0 Å². The average molecular weight is 547 g/mol. The Morgan fingerprint density at radius 1 is 1.18 bits per heavy atom. The molecule has 13 nitrogen and oxygen atoms in total. The second-order valence-corrected chi connectivity index (χ2v) is 9.13. The minimum atomic E-state index is -4.25. The van der Waals surface area contributed by atoms with Gasteiger partial charge in [-0.2, -0.15) is 13.2 Å². The van der Waals surface area contributed by atoms with Gasteiger partial charge in [-0.1, -0.05) is 11.2 Å². The predicted molar refractivity (Wildman–Crippen MR) is 133 cm³/mol. The number of alkyl halides is 3. The van der Waals surface area contributed by atoms with Crippen molar-refractivity contribution in [3.05, 3.63) is 62.9 Å². The highest BCUT2D eigenvalue weighted by atomic mass is 19.4. The van der Waals surface area contributed by atoms with Crippen molar-refractivity contribution in [2.45, 2.75) is 26.2 Å². The van der Waals surface area contributed by atoms with Crippen molar-refractivity contribution < 1.29 is 22.5 Å². The zero-order chi connectivity index (χ0) is 27.7. The van der Waals surface area contributed by atoms with Crippen LogP contribution in [0, 0.1) is 6.92 Å². The summed E-state index contributed by atoms with van der Waals surface area (Å²) in [5.74, 6) is 0.792. The van der Waals surface area contributed by atoms with Crippen molar-refractivity contribution in [3.63, 3.8) is 0 Å². The van der Waals surface area contributed by atoms with Gasteiger partial charge >= 0.3 is 11.9 Å². The van der Waals surface area contributed by atoms with Gasteiger partial charge in [-0.15, -0.1) is 0 Å². The molecule has 0 unspecified atom stereocenters. The summed E-state index contributed by atoms with van der Waals surface area (Å²) >= 11 is 0. The molecule has 5 heterocycles. The number of fused-ring (bicyclic) bond motifs is 1. The van der Waals surface area contributed by atoms with Crippen molar-refractivity contribution in [1.29, 1.82) is 0 Å². The van der Waals surface area contributed by atoms with E-state index in [1.807, 2.05) is 4.90 Å². The van der Waals surface area contributed by atoms with Crippen molar-refractivity contribution in [3.8, 4) is 0 Å². The van der Waals surface area contributed by atoms with Crippen LogP contribution in [0.15, 0.2) is 44.7 Å². The van der Waals surface area contributed by atoms with Crippen LogP contribution in [0.2, 0.25) is 0 Å². The number of carbonyl (C=O) groups excluding carboxylic acids is 1. The van der Waals surface area contributed by atoms with Gasteiger partial charge in [0.05, 0.1) is 19.4 Å². The summed E-state index contributed by atoms with van der Waals surface area (Å²) in [4.78, 5) is 52.5. The van der Waals surface area contributed by atoms with E-state index >= 15 is 0 Å². The number of rotatable bonds is 7. The summed E-state index contributed by atoms with van der Waals surface area (Å²) in [7, 11) is 0. The normalized spacial score (nSPS) is 14.7. The van der Waals surface area contributed by atoms with Crippen LogP contribution in [-0.2, 0) is 17.9 Å². The van der Waals surface area contributed by atoms with Crippen LogP contribution in [0.1, 0.15) is 11.5 Å². The molecule has 1 saturated heterocycles. The molecule has 0 aliphatic carbocycles. The molecule has 0 saturated carbocycles. The lowest BCUT2D eigenvalue weighted by molar-refractivity contribution is -0.146. The van der Waals surface area contributed by atoms with E-state index in [2.05, 4.69) is 25.4 Å². The molecule has 2 N–H and O–H groups in total. The molecule has 0 radical (unpaired) electrons. The first-order valence-electron chi connectivity index (χ1n) is 12.0. The largest absolute Gasteiger partial charge is 0.401 e. The van der Waals surface area contributed by atoms with Gasteiger partial charge < -0.3 is 19.3 Å². The minimum absolute atomic E-state index is 0.0309. The van der Waals surface area contributed by atoms with Gasteiger partial charge in [-0.25, -0.2) is 14.8 Å². The molecule has 4 aromatic heterocycles. The Labute approximate surface area is 217 Å². The summed E-state index contributed by atoms with van der Waals surface area (Å²) in [6, 6.07) is 6.58. The predicted octanol–water partition coefficient (Wildman–Crippen LogP) is 0.949. The fraction of sp³-hybridized carbons (Fsp3) is 0.391. The summed E-state index contributed by atoms with van der Waals surface area (Å²) in [6.07, 6.45) is -2.97. The lowest BCUT2D eigenvalue weighted by Crippen LogP contribution is -2.49. The number of carbonyl (C=O) groups is 1. The number of H-pyrrole nitrogens is 1. The van der Waals surface area contributed by atoms with Crippen LogP contribution in [0.5, 0.6) is 0 Å². The highest BCUT2D eigenvalue weighted by Gasteiger charge is 2.32. The molecule has 0 atom stereocenters. The highest BCUT2D eigenvalue weighted by Crippen LogP contribution is 2.20. The second-order valence-electron chi connectivity index (χ2n) is 9.13. The van der Waals surface area contributed by atoms with Crippen LogP contribution in [0.25, 0.3) is 11.2 Å². The fourth-order valence-electron chi connectivity index (χ4n) is 4.40. The number of aromatic nitrogens is 6. The van der Waals surface area contributed by atoms with Crippen LogP contribution in [-0.4, -0.2) is 78.9 Å². The number of pyridine rings is 1. The maximum absolute atomic E-state index is 13.1. The summed E-state index contributed by atoms with van der Waals surface area (Å²) in [6.45, 7) is 1.51. The topological polar surface area (TPSA) is 147 Å². The van der Waals surface area contributed by atoms with E-state index in [1.54, 1.807) is 31.2 Å². The molecule has 16 heteroatoms. The molecule has 4 aromatic rings. The van der Waals surface area contributed by atoms with E-state index in [4.69, 9.17) is 4.52 Å². The van der Waals surface area contributed by atoms with E-state index < -0.39 is 29.9 Å². The van der Waals surface area contributed by atoms with E-state index in [9.17, 15) is 27.6 Å². The summed E-state index contributed by atoms with van der Waals surface area (Å²) in [5.41, 5.74) is -0.873. The molecule has 1 aliphatic heterocycles. The number of imidazole rings is 1. The number of hydrogen-bond donors (Lipinski definition) is 2. The molecular weight excluding hydrogens is 523 g/mol. The molecule has 0 spiro atoms. The van der Waals surface area contributed by atoms with Crippen molar-refractivity contribution in [2.24, 2.45) is 0 Å². The van der Waals surface area contributed by atoms with E-state index in [1.165, 1.54) is 15.8 Å². The first-order chi connectivity index (χ1) is 18.6. The zero-order valence-electron chi connectivity index (χ0n) is 20.7. The molecule has 0 aromatic carbocycles. The van der Waals surface area contributed by atoms with Gasteiger partial charge in [0.1, 0.15) is 29.6 Å². The number of halogens is 3. The molecule has 1 amide bonds. The Hall–Kier alpha value is -4.47. The Morgan fingerprint density at radius 2 is 1.95 bits per heavy atom. The number of nitrogens with zero attached hydrogens (tertiary/aromatic N) is 7. The van der Waals surface area contributed by atoms with Crippen molar-refractivity contribution in [2.75, 3.05) is 42.9 Å². The SMILES string of the molecule is Cc1cc(Cn2c(=O)[nH]c3ncn(CC(=O)Nc4cccc(N5CCN(CC(F)(F)F)CC5)n4)c3c2=O)no1. The number of aromatic amines is 1. The Morgan fingerprint density at radius 3 is 2.64 bits per heavy atom. The number of nitrogens with one attached hydrogen (secondary N) is 2. The Balaban J connectivity index is 1.27. The standard InChI is InChI=1S/C23H24F3N9O4/c1-14-9-15(31-39-14)10-35-21(37)19-20(30-22(35)38)27-13-34(19)11-18(36)29-16-3-2-4-17(28-16)33-7-5-32(6-8-33)12-23(24,25)26/h2-4,9,13H,5-8,10-12H2,1H3,(H,30,38)(H,28,29,36).